The van der Waals surface area contributed by atoms with Crippen LogP contribution in [0, 0.1) is 0 Å². The summed E-state index contributed by atoms with van der Waals surface area (Å²) >= 11 is 0. The van der Waals surface area contributed by atoms with Crippen molar-refractivity contribution >= 4 is 5.91 Å². The normalized spacial score (nSPS) is 11.1. The van der Waals surface area contributed by atoms with Gasteiger partial charge in [-0.1, -0.05) is 0 Å². The molecule has 0 radical (unpaired) electrons. The minimum Gasteiger partial charge on any atom is -0.468 e. The number of rotatable bonds is 4. The molecule has 1 N–H and O–H groups in total. The molecule has 4 nitrogen and oxygen atoms in total. The molecule has 0 aliphatic carbocycles. The number of halogens is 3. The van der Waals surface area contributed by atoms with E-state index in [2.05, 4.69) is 15.0 Å². The standard InChI is InChI=1S/C10H11F3N2O2/c1-2-14-9(16)7-3-4-8(15-5-7)17-6-10(11,12)13/h3-5H,2,6H2,1H3,(H,14,16). The van der Waals surface area contributed by atoms with Gasteiger partial charge in [-0.05, 0) is 13.0 Å². The number of nitrogens with one attached hydrogen (secondary N) is 1. The number of carbonyl (C=O) groups excluding carboxylic acids is 1. The van der Waals surface area contributed by atoms with Gasteiger partial charge in [0, 0.05) is 18.8 Å². The molecule has 0 aromatic carbocycles. The van der Waals surface area contributed by atoms with E-state index in [0.717, 1.165) is 6.20 Å². The van der Waals surface area contributed by atoms with Gasteiger partial charge in [-0.2, -0.15) is 13.2 Å². The van der Waals surface area contributed by atoms with Gasteiger partial charge >= 0.3 is 6.18 Å². The van der Waals surface area contributed by atoms with Crippen LogP contribution < -0.4 is 10.1 Å². The SMILES string of the molecule is CCNC(=O)c1ccc(OCC(F)(F)F)nc1. The number of alkyl halides is 3. The maximum absolute atomic E-state index is 11.8. The van der Waals surface area contributed by atoms with Crippen LogP contribution in [0.5, 0.6) is 5.88 Å². The van der Waals surface area contributed by atoms with Crippen LogP contribution in [0.3, 0.4) is 0 Å². The highest BCUT2D eigenvalue weighted by Crippen LogP contribution is 2.16. The van der Waals surface area contributed by atoms with Crippen molar-refractivity contribution in [3.8, 4) is 5.88 Å². The van der Waals surface area contributed by atoms with E-state index in [1.54, 1.807) is 6.92 Å². The molecule has 7 heteroatoms. The number of ether oxygens (including phenoxy) is 1. The van der Waals surface area contributed by atoms with Crippen molar-refractivity contribution in [2.45, 2.75) is 13.1 Å². The number of aromatic nitrogens is 1. The fourth-order valence-electron chi connectivity index (χ4n) is 1.02. The van der Waals surface area contributed by atoms with Gasteiger partial charge in [0.1, 0.15) is 0 Å². The second kappa shape index (κ2) is 5.51. The number of hydrogen-bond donors (Lipinski definition) is 1. The Bertz CT molecular complexity index is 376. The fourth-order valence-corrected chi connectivity index (χ4v) is 1.02. The number of hydrogen-bond acceptors (Lipinski definition) is 3. The average Bonchev–Trinajstić information content (AvgIpc) is 2.26. The minimum atomic E-state index is -4.40. The minimum absolute atomic E-state index is 0.171. The van der Waals surface area contributed by atoms with Crippen molar-refractivity contribution < 1.29 is 22.7 Å². The van der Waals surface area contributed by atoms with Gasteiger partial charge in [-0.15, -0.1) is 0 Å². The number of amides is 1. The molecule has 0 bridgehead atoms. The molecule has 0 aliphatic heterocycles. The van der Waals surface area contributed by atoms with Crippen molar-refractivity contribution in [3.63, 3.8) is 0 Å². The summed E-state index contributed by atoms with van der Waals surface area (Å²) in [5, 5.41) is 2.54. The molecule has 0 saturated heterocycles. The Hall–Kier alpha value is -1.79. The number of carbonyl (C=O) groups is 1. The van der Waals surface area contributed by atoms with Crippen LogP contribution in [0.1, 0.15) is 17.3 Å². The molecule has 0 spiro atoms. The summed E-state index contributed by atoms with van der Waals surface area (Å²) in [7, 11) is 0. The van der Waals surface area contributed by atoms with E-state index in [0.29, 0.717) is 6.54 Å². The summed E-state index contributed by atoms with van der Waals surface area (Å²) in [5.41, 5.74) is 0.270. The van der Waals surface area contributed by atoms with Crippen molar-refractivity contribution in [3.05, 3.63) is 23.9 Å². The molecule has 0 unspecified atom stereocenters. The van der Waals surface area contributed by atoms with Crippen LogP contribution >= 0.6 is 0 Å². The predicted octanol–water partition coefficient (Wildman–Crippen LogP) is 1.77. The lowest BCUT2D eigenvalue weighted by atomic mass is 10.2. The molecule has 0 fully saturated rings. The lowest BCUT2D eigenvalue weighted by Crippen LogP contribution is -2.23. The van der Waals surface area contributed by atoms with E-state index in [-0.39, 0.29) is 17.4 Å². The number of pyridine rings is 1. The summed E-state index contributed by atoms with van der Waals surface area (Å²) in [6, 6.07) is 2.57. The van der Waals surface area contributed by atoms with E-state index >= 15 is 0 Å². The molecule has 1 heterocycles. The molecular weight excluding hydrogens is 237 g/mol. The molecule has 0 saturated carbocycles. The molecule has 1 amide bonds. The Labute approximate surface area is 95.8 Å². The lowest BCUT2D eigenvalue weighted by molar-refractivity contribution is -0.154. The monoisotopic (exact) mass is 248 g/mol. The summed E-state index contributed by atoms with van der Waals surface area (Å²) in [4.78, 5) is 14.9. The Kier molecular flexibility index (Phi) is 4.30. The first-order valence-corrected chi connectivity index (χ1v) is 4.86. The van der Waals surface area contributed by atoms with E-state index in [1.807, 2.05) is 0 Å². The van der Waals surface area contributed by atoms with E-state index < -0.39 is 12.8 Å². The molecule has 0 atom stereocenters. The zero-order chi connectivity index (χ0) is 12.9. The first-order valence-electron chi connectivity index (χ1n) is 4.86. The third kappa shape index (κ3) is 4.71. The quantitative estimate of drug-likeness (QED) is 0.883. The lowest BCUT2D eigenvalue weighted by Gasteiger charge is -2.08. The van der Waals surface area contributed by atoms with E-state index in [4.69, 9.17) is 0 Å². The highest BCUT2D eigenvalue weighted by atomic mass is 19.4. The molecular formula is C10H11F3N2O2. The second-order valence-electron chi connectivity index (χ2n) is 3.15. The maximum atomic E-state index is 11.8. The smallest absolute Gasteiger partial charge is 0.422 e. The van der Waals surface area contributed by atoms with Crippen molar-refractivity contribution in [2.75, 3.05) is 13.2 Å². The number of nitrogens with zero attached hydrogens (tertiary/aromatic N) is 1. The second-order valence-corrected chi connectivity index (χ2v) is 3.15. The summed E-state index contributed by atoms with van der Waals surface area (Å²) in [6.07, 6.45) is -3.24. The Morgan fingerprint density at radius 2 is 2.18 bits per heavy atom. The molecule has 1 rings (SSSR count). The van der Waals surface area contributed by atoms with Gasteiger partial charge in [0.2, 0.25) is 5.88 Å². The van der Waals surface area contributed by atoms with Crippen LogP contribution in [-0.2, 0) is 0 Å². The largest absolute Gasteiger partial charge is 0.468 e. The van der Waals surface area contributed by atoms with Crippen LogP contribution in [-0.4, -0.2) is 30.2 Å². The van der Waals surface area contributed by atoms with Crippen LogP contribution in [0.2, 0.25) is 0 Å². The molecule has 1 aromatic heterocycles. The molecule has 0 aliphatic rings. The summed E-state index contributed by atoms with van der Waals surface area (Å²) in [5.74, 6) is -0.502. The van der Waals surface area contributed by atoms with Gasteiger partial charge in [-0.3, -0.25) is 4.79 Å². The third-order valence-electron chi connectivity index (χ3n) is 1.72. The Morgan fingerprint density at radius 3 is 2.65 bits per heavy atom. The summed E-state index contributed by atoms with van der Waals surface area (Å²) < 4.78 is 39.9. The zero-order valence-corrected chi connectivity index (χ0v) is 9.04. The van der Waals surface area contributed by atoms with Gasteiger partial charge in [0.25, 0.3) is 5.91 Å². The van der Waals surface area contributed by atoms with Crippen molar-refractivity contribution in [1.82, 2.24) is 10.3 Å². The first kappa shape index (κ1) is 13.3. The van der Waals surface area contributed by atoms with Crippen LogP contribution in [0.4, 0.5) is 13.2 Å². The van der Waals surface area contributed by atoms with Crippen molar-refractivity contribution in [2.24, 2.45) is 0 Å². The first-order chi connectivity index (χ1) is 7.92. The van der Waals surface area contributed by atoms with Gasteiger partial charge in [0.05, 0.1) is 5.56 Å². The molecule has 1 aromatic rings. The fraction of sp³-hybridized carbons (Fsp3) is 0.400. The Morgan fingerprint density at radius 1 is 1.47 bits per heavy atom. The average molecular weight is 248 g/mol. The van der Waals surface area contributed by atoms with E-state index in [1.165, 1.54) is 12.1 Å². The summed E-state index contributed by atoms with van der Waals surface area (Å²) in [6.45, 7) is 0.817. The van der Waals surface area contributed by atoms with Gasteiger partial charge in [0.15, 0.2) is 6.61 Å². The topological polar surface area (TPSA) is 51.2 Å². The predicted molar refractivity (Wildman–Crippen MR) is 53.8 cm³/mol. The molecule has 94 valence electrons. The third-order valence-corrected chi connectivity index (χ3v) is 1.72. The van der Waals surface area contributed by atoms with E-state index in [9.17, 15) is 18.0 Å². The Balaban J connectivity index is 2.59. The van der Waals surface area contributed by atoms with Gasteiger partial charge < -0.3 is 10.1 Å². The van der Waals surface area contributed by atoms with Crippen LogP contribution in [0.15, 0.2) is 18.3 Å². The van der Waals surface area contributed by atoms with Crippen LogP contribution in [0.25, 0.3) is 0 Å². The van der Waals surface area contributed by atoms with Crippen molar-refractivity contribution in [1.29, 1.82) is 0 Å². The zero-order valence-electron chi connectivity index (χ0n) is 9.04. The van der Waals surface area contributed by atoms with Gasteiger partial charge in [-0.25, -0.2) is 4.98 Å². The molecule has 17 heavy (non-hydrogen) atoms. The highest BCUT2D eigenvalue weighted by molar-refractivity contribution is 5.93. The highest BCUT2D eigenvalue weighted by Gasteiger charge is 2.28. The maximum Gasteiger partial charge on any atom is 0.422 e.